The number of rotatable bonds is 9. The van der Waals surface area contributed by atoms with Gasteiger partial charge in [0.05, 0.1) is 43.2 Å². The Hall–Kier alpha value is -4.79. The summed E-state index contributed by atoms with van der Waals surface area (Å²) in [5, 5.41) is 17.7. The van der Waals surface area contributed by atoms with E-state index in [4.69, 9.17) is 14.7 Å². The quantitative estimate of drug-likeness (QED) is 0.349. The van der Waals surface area contributed by atoms with E-state index in [1.807, 2.05) is 30.3 Å². The molecule has 3 aromatic carbocycles. The van der Waals surface area contributed by atoms with E-state index in [1.54, 1.807) is 37.4 Å². The van der Waals surface area contributed by atoms with Gasteiger partial charge in [-0.3, -0.25) is 9.69 Å². The van der Waals surface area contributed by atoms with Crippen LogP contribution in [0, 0.1) is 11.3 Å². The van der Waals surface area contributed by atoms with E-state index < -0.39 is 6.03 Å². The van der Waals surface area contributed by atoms with E-state index in [2.05, 4.69) is 42.8 Å². The Labute approximate surface area is 252 Å². The first-order valence-electron chi connectivity index (χ1n) is 14.5. The lowest BCUT2D eigenvalue weighted by Gasteiger charge is -2.38. The number of morpholine rings is 1. The molecule has 0 radical (unpaired) electrons. The van der Waals surface area contributed by atoms with Crippen molar-refractivity contribution in [3.8, 4) is 11.8 Å². The summed E-state index contributed by atoms with van der Waals surface area (Å²) in [6.45, 7) is 7.35. The molecule has 2 aliphatic heterocycles. The fourth-order valence-corrected chi connectivity index (χ4v) is 5.32. The smallest absolute Gasteiger partial charge is 0.323 e. The van der Waals surface area contributed by atoms with Crippen molar-refractivity contribution in [2.75, 3.05) is 93.1 Å². The Morgan fingerprint density at radius 3 is 2.21 bits per heavy atom. The number of carbonyl (C=O) groups is 2. The van der Waals surface area contributed by atoms with Gasteiger partial charge in [-0.2, -0.15) is 5.26 Å². The van der Waals surface area contributed by atoms with Gasteiger partial charge in [-0.25, -0.2) is 4.79 Å². The molecule has 2 saturated heterocycles. The highest BCUT2D eigenvalue weighted by molar-refractivity contribution is 6.04. The molecule has 2 aliphatic rings. The lowest BCUT2D eigenvalue weighted by Crippen LogP contribution is -2.47. The average molecular weight is 584 g/mol. The Bertz CT molecular complexity index is 1440. The fraction of sp³-hybridized carbons (Fsp3) is 0.344. The minimum Gasteiger partial charge on any atom is -0.495 e. The summed E-state index contributed by atoms with van der Waals surface area (Å²) >= 11 is 0. The number of benzene rings is 3. The molecule has 0 aliphatic carbocycles. The molecule has 0 aromatic heterocycles. The number of ether oxygens (including phenoxy) is 2. The zero-order valence-corrected chi connectivity index (χ0v) is 24.3. The van der Waals surface area contributed by atoms with Crippen LogP contribution in [-0.2, 0) is 4.74 Å². The molecule has 0 saturated carbocycles. The van der Waals surface area contributed by atoms with Crippen LogP contribution in [0.25, 0.3) is 0 Å². The Balaban J connectivity index is 1.29. The van der Waals surface area contributed by atoms with Gasteiger partial charge in [-0.15, -0.1) is 0 Å². The maximum Gasteiger partial charge on any atom is 0.323 e. The van der Waals surface area contributed by atoms with E-state index in [-0.39, 0.29) is 5.91 Å². The number of carbonyl (C=O) groups excluding carboxylic acids is 2. The van der Waals surface area contributed by atoms with E-state index in [0.717, 1.165) is 62.9 Å². The van der Waals surface area contributed by atoms with Crippen LogP contribution >= 0.6 is 0 Å². The fourth-order valence-electron chi connectivity index (χ4n) is 5.32. The molecular weight excluding hydrogens is 546 g/mol. The van der Waals surface area contributed by atoms with Crippen molar-refractivity contribution in [3.05, 3.63) is 77.9 Å². The molecule has 0 spiro atoms. The molecular formula is C32H37N7O4. The van der Waals surface area contributed by atoms with Crippen LogP contribution < -0.4 is 30.5 Å². The predicted molar refractivity (Wildman–Crippen MR) is 167 cm³/mol. The highest BCUT2D eigenvalue weighted by Crippen LogP contribution is 2.31. The normalized spacial score (nSPS) is 15.3. The van der Waals surface area contributed by atoms with Crippen molar-refractivity contribution in [1.82, 2.24) is 10.2 Å². The van der Waals surface area contributed by atoms with Gasteiger partial charge >= 0.3 is 6.03 Å². The Morgan fingerprint density at radius 2 is 1.51 bits per heavy atom. The topological polar surface area (TPSA) is 122 Å². The third-order valence-corrected chi connectivity index (χ3v) is 7.63. The number of methoxy groups -OCH3 is 1. The van der Waals surface area contributed by atoms with Crippen molar-refractivity contribution in [3.63, 3.8) is 0 Å². The molecule has 11 heteroatoms. The second-order valence-electron chi connectivity index (χ2n) is 10.4. The van der Waals surface area contributed by atoms with Gasteiger partial charge in [0.15, 0.2) is 0 Å². The monoisotopic (exact) mass is 583 g/mol. The number of anilines is 4. The number of piperazine rings is 1. The minimum atomic E-state index is -0.443. The van der Waals surface area contributed by atoms with Gasteiger partial charge in [-0.05, 0) is 54.6 Å². The maximum absolute atomic E-state index is 13.5. The molecule has 0 atom stereocenters. The lowest BCUT2D eigenvalue weighted by molar-refractivity contribution is 0.0383. The Kier molecular flexibility index (Phi) is 9.94. The average Bonchev–Trinajstić information content (AvgIpc) is 3.05. The van der Waals surface area contributed by atoms with Gasteiger partial charge in [0.2, 0.25) is 0 Å². The number of urea groups is 1. The summed E-state index contributed by atoms with van der Waals surface area (Å²) in [5.74, 6) is 0.651. The van der Waals surface area contributed by atoms with Gasteiger partial charge in [0, 0.05) is 69.4 Å². The summed E-state index contributed by atoms with van der Waals surface area (Å²) in [6.07, 6.45) is 0. The number of hydrogen-bond donors (Lipinski definition) is 3. The van der Waals surface area contributed by atoms with Crippen LogP contribution in [0.3, 0.4) is 0 Å². The molecule has 0 unspecified atom stereocenters. The van der Waals surface area contributed by atoms with E-state index >= 15 is 0 Å². The highest BCUT2D eigenvalue weighted by Gasteiger charge is 2.24. The van der Waals surface area contributed by atoms with Gasteiger partial charge < -0.3 is 35.2 Å². The first-order chi connectivity index (χ1) is 21.0. The molecule has 3 aromatic rings. The van der Waals surface area contributed by atoms with Crippen LogP contribution in [0.5, 0.6) is 5.75 Å². The van der Waals surface area contributed by atoms with Crippen LogP contribution in [0.2, 0.25) is 0 Å². The van der Waals surface area contributed by atoms with Crippen LogP contribution in [-0.4, -0.2) is 89.5 Å². The second-order valence-corrected chi connectivity index (χ2v) is 10.4. The third kappa shape index (κ3) is 7.74. The summed E-state index contributed by atoms with van der Waals surface area (Å²) in [4.78, 5) is 33.1. The number of nitriles is 1. The van der Waals surface area contributed by atoms with E-state index in [1.165, 1.54) is 0 Å². The number of nitrogens with zero attached hydrogens (tertiary/aromatic N) is 4. The van der Waals surface area contributed by atoms with Crippen LogP contribution in [0.4, 0.5) is 27.5 Å². The summed E-state index contributed by atoms with van der Waals surface area (Å²) in [6, 6.07) is 21.6. The first-order valence-corrected chi connectivity index (χ1v) is 14.5. The van der Waals surface area contributed by atoms with Crippen molar-refractivity contribution in [1.29, 1.82) is 5.26 Å². The van der Waals surface area contributed by atoms with E-state index in [0.29, 0.717) is 42.3 Å². The zero-order chi connectivity index (χ0) is 30.0. The van der Waals surface area contributed by atoms with Crippen LogP contribution in [0.15, 0.2) is 66.7 Å². The van der Waals surface area contributed by atoms with Gasteiger partial charge in [-0.1, -0.05) is 12.1 Å². The van der Waals surface area contributed by atoms with Crippen LogP contribution in [0.1, 0.15) is 15.9 Å². The molecule has 224 valence electrons. The highest BCUT2D eigenvalue weighted by atomic mass is 16.5. The summed E-state index contributed by atoms with van der Waals surface area (Å²) in [7, 11) is 1.68. The third-order valence-electron chi connectivity index (χ3n) is 7.63. The van der Waals surface area contributed by atoms with Crippen molar-refractivity contribution in [2.24, 2.45) is 0 Å². The molecule has 5 rings (SSSR count). The SMILES string of the molecule is COc1ccccc1N1CCN(c2ccc(NC(=O)Nc3ccc(C#N)cc3)cc2C(=O)NCCN2CCOCC2)CC1. The van der Waals surface area contributed by atoms with Gasteiger partial charge in [0.25, 0.3) is 5.91 Å². The number of hydrogen-bond acceptors (Lipinski definition) is 8. The minimum absolute atomic E-state index is 0.188. The molecule has 43 heavy (non-hydrogen) atoms. The van der Waals surface area contributed by atoms with Crippen molar-refractivity contribution < 1.29 is 19.1 Å². The van der Waals surface area contributed by atoms with Gasteiger partial charge in [0.1, 0.15) is 5.75 Å². The predicted octanol–water partition coefficient (Wildman–Crippen LogP) is 3.60. The molecule has 0 bridgehead atoms. The molecule has 2 heterocycles. The number of amides is 3. The van der Waals surface area contributed by atoms with Crippen molar-refractivity contribution >= 4 is 34.7 Å². The maximum atomic E-state index is 13.5. The van der Waals surface area contributed by atoms with Crippen molar-refractivity contribution in [2.45, 2.75) is 0 Å². The number of para-hydroxylation sites is 2. The Morgan fingerprint density at radius 1 is 0.860 bits per heavy atom. The largest absolute Gasteiger partial charge is 0.495 e. The lowest BCUT2D eigenvalue weighted by atomic mass is 10.1. The standard InChI is InChI=1S/C32H37N7O4/c1-42-30-5-3-2-4-29(30)39-16-14-38(15-17-39)28-11-10-26(36-32(41)35-25-8-6-24(23-33)7-9-25)22-27(28)31(40)34-12-13-37-18-20-43-21-19-37/h2-11,22H,12-21H2,1H3,(H,34,40)(H2,35,36,41). The molecule has 3 amide bonds. The summed E-state index contributed by atoms with van der Waals surface area (Å²) < 4.78 is 11.0. The zero-order valence-electron chi connectivity index (χ0n) is 24.3. The van der Waals surface area contributed by atoms with E-state index in [9.17, 15) is 9.59 Å². The molecule has 2 fully saturated rings. The number of nitrogens with one attached hydrogen (secondary N) is 3. The molecule has 11 nitrogen and oxygen atoms in total. The molecule has 3 N–H and O–H groups in total. The summed E-state index contributed by atoms with van der Waals surface area (Å²) in [5.41, 5.74) is 3.95. The second kappa shape index (κ2) is 14.4. The first kappa shape index (κ1) is 29.7.